The van der Waals surface area contributed by atoms with Crippen molar-refractivity contribution in [3.8, 4) is 23.0 Å². The third-order valence-corrected chi connectivity index (χ3v) is 8.07. The molecule has 0 spiro atoms. The number of nitrogens with one attached hydrogen (secondary N) is 2. The van der Waals surface area contributed by atoms with Gasteiger partial charge in [-0.05, 0) is 37.5 Å². The SMILES string of the molecule is COc1cc(OC)c2c(c1)OC(C(=O)O)(c1ccc(O)cc1)[C@H](c1ccccc1)[C@H](C(=O)NCCCCNC(=O)/C(C)=C/CO)C2=O. The van der Waals surface area contributed by atoms with Gasteiger partial charge in [0.05, 0.1) is 26.7 Å². The molecule has 0 saturated carbocycles. The number of aliphatic hydroxyl groups is 1. The van der Waals surface area contributed by atoms with Crippen LogP contribution < -0.4 is 24.8 Å². The zero-order chi connectivity index (χ0) is 34.1. The lowest BCUT2D eigenvalue weighted by Crippen LogP contribution is -2.52. The number of phenols is 1. The van der Waals surface area contributed by atoms with Crippen LogP contribution >= 0.6 is 0 Å². The van der Waals surface area contributed by atoms with Crippen LogP contribution in [-0.4, -0.2) is 72.8 Å². The number of aliphatic hydroxyl groups excluding tert-OH is 1. The van der Waals surface area contributed by atoms with Gasteiger partial charge in [0.15, 0.2) is 5.78 Å². The van der Waals surface area contributed by atoms with E-state index in [0.29, 0.717) is 30.5 Å². The fourth-order valence-corrected chi connectivity index (χ4v) is 5.69. The molecule has 3 aromatic rings. The Bertz CT molecular complexity index is 1640. The Morgan fingerprint density at radius 2 is 1.62 bits per heavy atom. The van der Waals surface area contributed by atoms with Gasteiger partial charge >= 0.3 is 5.97 Å². The Hall–Kier alpha value is -5.36. The van der Waals surface area contributed by atoms with E-state index >= 15 is 0 Å². The highest BCUT2D eigenvalue weighted by molar-refractivity contribution is 6.15. The number of carboxylic acids is 1. The number of hydrogen-bond acceptors (Lipinski definition) is 9. The molecule has 0 aromatic heterocycles. The number of ether oxygens (including phenoxy) is 3. The predicted molar refractivity (Wildman–Crippen MR) is 171 cm³/mol. The van der Waals surface area contributed by atoms with Crippen molar-refractivity contribution in [1.29, 1.82) is 0 Å². The van der Waals surface area contributed by atoms with Gasteiger partial charge in [0.1, 0.15) is 34.5 Å². The van der Waals surface area contributed by atoms with Crippen molar-refractivity contribution in [2.45, 2.75) is 31.3 Å². The number of phenolic OH excluding ortho intramolecular Hbond substituents is 1. The zero-order valence-corrected chi connectivity index (χ0v) is 26.3. The van der Waals surface area contributed by atoms with Gasteiger partial charge in [0.25, 0.3) is 0 Å². The van der Waals surface area contributed by atoms with Crippen molar-refractivity contribution in [1.82, 2.24) is 10.6 Å². The minimum atomic E-state index is -2.35. The third-order valence-electron chi connectivity index (χ3n) is 8.07. The lowest BCUT2D eigenvalue weighted by atomic mass is 9.68. The zero-order valence-electron chi connectivity index (χ0n) is 26.3. The molecule has 0 aliphatic carbocycles. The second-order valence-electron chi connectivity index (χ2n) is 10.9. The first-order valence-corrected chi connectivity index (χ1v) is 15.0. The number of Topliss-reactive ketones (excluding diaryl/α,β-unsaturated/α-hetero) is 1. The minimum Gasteiger partial charge on any atom is -0.508 e. The van der Waals surface area contributed by atoms with Crippen molar-refractivity contribution < 1.29 is 48.7 Å². The molecule has 1 heterocycles. The molecule has 0 radical (unpaired) electrons. The van der Waals surface area contributed by atoms with E-state index in [-0.39, 0.29) is 53.2 Å². The van der Waals surface area contributed by atoms with Gasteiger partial charge in [0, 0.05) is 36.4 Å². The Balaban J connectivity index is 1.80. The summed E-state index contributed by atoms with van der Waals surface area (Å²) in [7, 11) is 2.73. The van der Waals surface area contributed by atoms with E-state index in [1.54, 1.807) is 37.3 Å². The first kappa shape index (κ1) is 34.5. The summed E-state index contributed by atoms with van der Waals surface area (Å²) in [5.41, 5.74) is -1.65. The first-order valence-electron chi connectivity index (χ1n) is 15.0. The van der Waals surface area contributed by atoms with E-state index in [1.165, 1.54) is 56.7 Å². The van der Waals surface area contributed by atoms with E-state index in [9.17, 15) is 29.4 Å². The number of hydrogen-bond donors (Lipinski definition) is 5. The summed E-state index contributed by atoms with van der Waals surface area (Å²) in [4.78, 5) is 54.5. The molecule has 1 aliphatic rings. The normalized spacial score (nSPS) is 19.1. The van der Waals surface area contributed by atoms with Crippen molar-refractivity contribution >= 4 is 23.6 Å². The number of unbranched alkanes of at least 4 members (excludes halogenated alkanes) is 1. The molecule has 12 nitrogen and oxygen atoms in total. The average Bonchev–Trinajstić information content (AvgIpc) is 3.19. The lowest BCUT2D eigenvalue weighted by molar-refractivity contribution is -0.160. The van der Waals surface area contributed by atoms with Crippen LogP contribution in [-0.2, 0) is 20.0 Å². The maximum absolute atomic E-state index is 14.6. The Morgan fingerprint density at radius 3 is 2.21 bits per heavy atom. The van der Waals surface area contributed by atoms with Crippen LogP contribution in [0.3, 0.4) is 0 Å². The second-order valence-corrected chi connectivity index (χ2v) is 10.9. The number of fused-ring (bicyclic) bond motifs is 1. The lowest BCUT2D eigenvalue weighted by Gasteiger charge is -2.39. The molecule has 3 aromatic carbocycles. The molecular formula is C35H38N2O10. The summed E-state index contributed by atoms with van der Waals surface area (Å²) in [6, 6.07) is 16.5. The number of benzene rings is 3. The highest BCUT2D eigenvalue weighted by Crippen LogP contribution is 2.52. The van der Waals surface area contributed by atoms with Crippen molar-refractivity contribution in [2.75, 3.05) is 33.9 Å². The van der Waals surface area contributed by atoms with Crippen LogP contribution in [0, 0.1) is 5.92 Å². The van der Waals surface area contributed by atoms with E-state index in [1.807, 2.05) is 0 Å². The van der Waals surface area contributed by atoms with Gasteiger partial charge in [0.2, 0.25) is 17.4 Å². The number of methoxy groups -OCH3 is 2. The van der Waals surface area contributed by atoms with E-state index in [2.05, 4.69) is 10.6 Å². The van der Waals surface area contributed by atoms with E-state index < -0.39 is 35.1 Å². The number of aliphatic carboxylic acids is 1. The number of amides is 2. The fraction of sp³-hybridized carbons (Fsp3) is 0.314. The van der Waals surface area contributed by atoms with E-state index in [4.69, 9.17) is 19.3 Å². The van der Waals surface area contributed by atoms with Crippen LogP contribution in [0.5, 0.6) is 23.0 Å². The second kappa shape index (κ2) is 15.3. The Morgan fingerprint density at radius 1 is 0.957 bits per heavy atom. The number of rotatable bonds is 13. The topological polar surface area (TPSA) is 181 Å². The first-order chi connectivity index (χ1) is 22.6. The van der Waals surface area contributed by atoms with Crippen molar-refractivity contribution in [2.24, 2.45) is 5.92 Å². The van der Waals surface area contributed by atoms with Gasteiger partial charge in [-0.15, -0.1) is 0 Å². The van der Waals surface area contributed by atoms with Gasteiger partial charge in [-0.3, -0.25) is 14.4 Å². The molecule has 47 heavy (non-hydrogen) atoms. The molecule has 0 saturated heterocycles. The molecule has 4 rings (SSSR count). The monoisotopic (exact) mass is 646 g/mol. The summed E-state index contributed by atoms with van der Waals surface area (Å²) in [5.74, 6) is -6.27. The number of carbonyl (C=O) groups excluding carboxylic acids is 3. The molecule has 248 valence electrons. The highest BCUT2D eigenvalue weighted by Gasteiger charge is 2.60. The summed E-state index contributed by atoms with van der Waals surface area (Å²) in [5, 5.41) is 35.6. The standard InChI is InChI=1S/C35H38N2O10/c1-21(15-18-38)32(41)36-16-7-8-17-37-33(42)29-30(22-9-5-4-6-10-22)35(34(43)44,23-11-13-24(39)14-12-23)47-27-20-25(45-2)19-26(46-3)28(27)31(29)40/h4-6,9-15,19-20,29-30,38-39H,7-8,16-18H2,1-3H3,(H,36,41)(H,37,42)(H,43,44)/b21-15+/t29-,30+,35?/m0/s1. The summed E-state index contributed by atoms with van der Waals surface area (Å²) in [6.07, 6.45) is 2.32. The molecule has 0 fully saturated rings. The van der Waals surface area contributed by atoms with Gasteiger partial charge in [-0.25, -0.2) is 4.79 Å². The van der Waals surface area contributed by atoms with E-state index in [0.717, 1.165) is 0 Å². The number of carboxylic acid groups (broad SMARTS) is 1. The van der Waals surface area contributed by atoms with Crippen LogP contribution in [0.15, 0.2) is 78.4 Å². The van der Waals surface area contributed by atoms with Crippen molar-refractivity contribution in [3.63, 3.8) is 0 Å². The maximum atomic E-state index is 14.6. The molecule has 3 atom stereocenters. The summed E-state index contributed by atoms with van der Waals surface area (Å²) in [6.45, 7) is 1.77. The molecule has 0 bridgehead atoms. The van der Waals surface area contributed by atoms with Gasteiger partial charge in [-0.2, -0.15) is 0 Å². The largest absolute Gasteiger partial charge is 0.508 e. The number of ketones is 1. The van der Waals surface area contributed by atoms with Crippen LogP contribution in [0.4, 0.5) is 0 Å². The smallest absolute Gasteiger partial charge is 0.353 e. The third kappa shape index (κ3) is 7.23. The van der Waals surface area contributed by atoms with Crippen LogP contribution in [0.25, 0.3) is 0 Å². The quantitative estimate of drug-likeness (QED) is 0.105. The molecule has 5 N–H and O–H groups in total. The predicted octanol–water partition coefficient (Wildman–Crippen LogP) is 3.32. The van der Waals surface area contributed by atoms with Gasteiger partial charge < -0.3 is 40.2 Å². The minimum absolute atomic E-state index is 0.0298. The maximum Gasteiger partial charge on any atom is 0.353 e. The van der Waals surface area contributed by atoms with Gasteiger partial charge in [-0.1, -0.05) is 48.5 Å². The molecular weight excluding hydrogens is 608 g/mol. The summed E-state index contributed by atoms with van der Waals surface area (Å²) >= 11 is 0. The molecule has 12 heteroatoms. The van der Waals surface area contributed by atoms with Crippen LogP contribution in [0.1, 0.15) is 47.2 Å². The summed E-state index contributed by atoms with van der Waals surface area (Å²) < 4.78 is 17.4. The average molecular weight is 647 g/mol. The number of carbonyl (C=O) groups is 4. The fourth-order valence-electron chi connectivity index (χ4n) is 5.69. The Kier molecular flexibility index (Phi) is 11.2. The molecule has 1 unspecified atom stereocenters. The Labute approximate surface area is 272 Å². The van der Waals surface area contributed by atoms with Crippen LogP contribution in [0.2, 0.25) is 0 Å². The number of aromatic hydroxyl groups is 1. The molecule has 1 aliphatic heterocycles. The molecule has 2 amide bonds. The highest BCUT2D eigenvalue weighted by atomic mass is 16.5. The van der Waals surface area contributed by atoms with Crippen molar-refractivity contribution in [3.05, 3.63) is 95.1 Å².